The molecule has 4 heteroatoms. The number of amides is 1. The molecule has 1 saturated heterocycles. The summed E-state index contributed by atoms with van der Waals surface area (Å²) >= 11 is 0. The first-order valence-corrected chi connectivity index (χ1v) is 5.68. The van der Waals surface area contributed by atoms with E-state index in [4.69, 9.17) is 10.5 Å². The predicted octanol–water partition coefficient (Wildman–Crippen LogP) is 0.609. The summed E-state index contributed by atoms with van der Waals surface area (Å²) in [5.74, 6) is 0.753. The Morgan fingerprint density at radius 1 is 1.67 bits per heavy atom. The summed E-state index contributed by atoms with van der Waals surface area (Å²) in [6.45, 7) is 4.40. The van der Waals surface area contributed by atoms with Gasteiger partial charge in [0.05, 0.1) is 6.10 Å². The van der Waals surface area contributed by atoms with E-state index in [2.05, 4.69) is 0 Å². The lowest BCUT2D eigenvalue weighted by Crippen LogP contribution is -2.30. The molecule has 2 unspecified atom stereocenters. The zero-order valence-electron chi connectivity index (χ0n) is 9.74. The molecule has 1 aliphatic rings. The standard InChI is InChI=1S/C11H22N2O2/c1-9(15-2)3-4-11(14)13-6-5-10(7-12)8-13/h9-10H,3-8,12H2,1-2H3. The number of likely N-dealkylation sites (tertiary alicyclic amines) is 1. The molecule has 1 amide bonds. The number of nitrogens with two attached hydrogens (primary N) is 1. The van der Waals surface area contributed by atoms with Gasteiger partial charge in [-0.1, -0.05) is 0 Å². The number of methoxy groups -OCH3 is 1. The van der Waals surface area contributed by atoms with Gasteiger partial charge in [0.25, 0.3) is 0 Å². The Bertz CT molecular complexity index is 209. The highest BCUT2D eigenvalue weighted by Gasteiger charge is 2.24. The maximum absolute atomic E-state index is 11.8. The molecular weight excluding hydrogens is 192 g/mol. The minimum absolute atomic E-state index is 0.168. The van der Waals surface area contributed by atoms with E-state index in [0.717, 1.165) is 25.9 Å². The van der Waals surface area contributed by atoms with Crippen molar-refractivity contribution in [2.45, 2.75) is 32.3 Å². The Labute approximate surface area is 91.8 Å². The van der Waals surface area contributed by atoms with E-state index < -0.39 is 0 Å². The van der Waals surface area contributed by atoms with Crippen LogP contribution in [-0.4, -0.2) is 43.7 Å². The summed E-state index contributed by atoms with van der Waals surface area (Å²) in [6.07, 6.45) is 2.62. The van der Waals surface area contributed by atoms with Crippen LogP contribution in [0.3, 0.4) is 0 Å². The van der Waals surface area contributed by atoms with Gasteiger partial charge in [0.15, 0.2) is 0 Å². The summed E-state index contributed by atoms with van der Waals surface area (Å²) in [7, 11) is 1.68. The smallest absolute Gasteiger partial charge is 0.222 e. The molecule has 1 aliphatic heterocycles. The Kier molecular flexibility index (Phi) is 5.05. The van der Waals surface area contributed by atoms with Crippen molar-refractivity contribution < 1.29 is 9.53 Å². The van der Waals surface area contributed by atoms with E-state index in [9.17, 15) is 4.79 Å². The number of rotatable bonds is 5. The minimum atomic E-state index is 0.168. The summed E-state index contributed by atoms with van der Waals surface area (Å²) in [6, 6.07) is 0. The fourth-order valence-corrected chi connectivity index (χ4v) is 1.85. The van der Waals surface area contributed by atoms with E-state index in [-0.39, 0.29) is 12.0 Å². The lowest BCUT2D eigenvalue weighted by molar-refractivity contribution is -0.130. The van der Waals surface area contributed by atoms with Crippen molar-refractivity contribution in [2.75, 3.05) is 26.7 Å². The zero-order chi connectivity index (χ0) is 11.3. The molecule has 0 saturated carbocycles. The SMILES string of the molecule is COC(C)CCC(=O)N1CCC(CN)C1. The second-order valence-electron chi connectivity index (χ2n) is 4.32. The quantitative estimate of drug-likeness (QED) is 0.729. The summed E-state index contributed by atoms with van der Waals surface area (Å²) in [5, 5.41) is 0. The van der Waals surface area contributed by atoms with Crippen LogP contribution in [0.15, 0.2) is 0 Å². The molecule has 1 heterocycles. The maximum atomic E-state index is 11.8. The van der Waals surface area contributed by atoms with Crippen molar-refractivity contribution in [3.05, 3.63) is 0 Å². The van der Waals surface area contributed by atoms with Crippen molar-refractivity contribution in [3.8, 4) is 0 Å². The molecular formula is C11H22N2O2. The van der Waals surface area contributed by atoms with Crippen molar-refractivity contribution >= 4 is 5.91 Å². The molecule has 0 aromatic rings. The molecule has 0 bridgehead atoms. The van der Waals surface area contributed by atoms with Crippen LogP contribution in [0.5, 0.6) is 0 Å². The Morgan fingerprint density at radius 3 is 2.93 bits per heavy atom. The van der Waals surface area contributed by atoms with Crippen LogP contribution in [0.4, 0.5) is 0 Å². The van der Waals surface area contributed by atoms with E-state index in [0.29, 0.717) is 18.9 Å². The number of carbonyl (C=O) groups is 1. The molecule has 1 fully saturated rings. The van der Waals surface area contributed by atoms with Crippen LogP contribution in [-0.2, 0) is 9.53 Å². The monoisotopic (exact) mass is 214 g/mol. The number of carbonyl (C=O) groups excluding carboxylic acids is 1. The molecule has 15 heavy (non-hydrogen) atoms. The molecule has 0 aliphatic carbocycles. The van der Waals surface area contributed by atoms with Crippen LogP contribution < -0.4 is 5.73 Å². The Balaban J connectivity index is 2.23. The van der Waals surface area contributed by atoms with Gasteiger partial charge >= 0.3 is 0 Å². The second-order valence-corrected chi connectivity index (χ2v) is 4.32. The minimum Gasteiger partial charge on any atom is -0.382 e. The lowest BCUT2D eigenvalue weighted by Gasteiger charge is -2.17. The lowest BCUT2D eigenvalue weighted by atomic mass is 10.1. The van der Waals surface area contributed by atoms with E-state index >= 15 is 0 Å². The third-order valence-corrected chi connectivity index (χ3v) is 3.14. The van der Waals surface area contributed by atoms with Crippen LogP contribution in [0.25, 0.3) is 0 Å². The normalized spacial score (nSPS) is 23.1. The van der Waals surface area contributed by atoms with Gasteiger partial charge in [0, 0.05) is 26.6 Å². The number of hydrogen-bond donors (Lipinski definition) is 1. The van der Waals surface area contributed by atoms with Gasteiger partial charge in [-0.3, -0.25) is 4.79 Å². The topological polar surface area (TPSA) is 55.6 Å². The zero-order valence-corrected chi connectivity index (χ0v) is 9.74. The fraction of sp³-hybridized carbons (Fsp3) is 0.909. The largest absolute Gasteiger partial charge is 0.382 e. The summed E-state index contributed by atoms with van der Waals surface area (Å²) in [4.78, 5) is 13.7. The molecule has 0 radical (unpaired) electrons. The first-order valence-electron chi connectivity index (χ1n) is 5.68. The first kappa shape index (κ1) is 12.5. The Morgan fingerprint density at radius 2 is 2.40 bits per heavy atom. The van der Waals surface area contributed by atoms with Crippen molar-refractivity contribution in [3.63, 3.8) is 0 Å². The first-order chi connectivity index (χ1) is 7.17. The third kappa shape index (κ3) is 3.80. The highest BCUT2D eigenvalue weighted by molar-refractivity contribution is 5.76. The highest BCUT2D eigenvalue weighted by Crippen LogP contribution is 2.16. The van der Waals surface area contributed by atoms with Crippen molar-refractivity contribution in [1.29, 1.82) is 0 Å². The average Bonchev–Trinajstić information content (AvgIpc) is 2.73. The molecule has 2 atom stereocenters. The Hall–Kier alpha value is -0.610. The van der Waals surface area contributed by atoms with Gasteiger partial charge in [-0.05, 0) is 32.2 Å². The van der Waals surface area contributed by atoms with Crippen LogP contribution in [0, 0.1) is 5.92 Å². The van der Waals surface area contributed by atoms with Crippen LogP contribution in [0.2, 0.25) is 0 Å². The summed E-state index contributed by atoms with van der Waals surface area (Å²) < 4.78 is 5.11. The van der Waals surface area contributed by atoms with Gasteiger partial charge in [0.2, 0.25) is 5.91 Å². The van der Waals surface area contributed by atoms with E-state index in [1.165, 1.54) is 0 Å². The van der Waals surface area contributed by atoms with E-state index in [1.807, 2.05) is 11.8 Å². The van der Waals surface area contributed by atoms with Crippen molar-refractivity contribution in [1.82, 2.24) is 4.90 Å². The molecule has 1 rings (SSSR count). The molecule has 88 valence electrons. The molecule has 0 spiro atoms. The van der Waals surface area contributed by atoms with Gasteiger partial charge in [-0.25, -0.2) is 0 Å². The van der Waals surface area contributed by atoms with Crippen LogP contribution in [0.1, 0.15) is 26.2 Å². The van der Waals surface area contributed by atoms with Crippen molar-refractivity contribution in [2.24, 2.45) is 11.7 Å². The average molecular weight is 214 g/mol. The number of nitrogens with zero attached hydrogens (tertiary/aromatic N) is 1. The summed E-state index contributed by atoms with van der Waals surface area (Å²) in [5.41, 5.74) is 5.58. The molecule has 0 aromatic heterocycles. The highest BCUT2D eigenvalue weighted by atomic mass is 16.5. The molecule has 2 N–H and O–H groups in total. The predicted molar refractivity (Wildman–Crippen MR) is 59.4 cm³/mol. The fourth-order valence-electron chi connectivity index (χ4n) is 1.85. The maximum Gasteiger partial charge on any atom is 0.222 e. The molecule has 0 aromatic carbocycles. The van der Waals surface area contributed by atoms with Gasteiger partial charge in [-0.2, -0.15) is 0 Å². The van der Waals surface area contributed by atoms with Gasteiger partial charge in [-0.15, -0.1) is 0 Å². The number of ether oxygens (including phenoxy) is 1. The van der Waals surface area contributed by atoms with Crippen LogP contribution >= 0.6 is 0 Å². The van der Waals surface area contributed by atoms with Gasteiger partial charge < -0.3 is 15.4 Å². The van der Waals surface area contributed by atoms with Gasteiger partial charge in [0.1, 0.15) is 0 Å². The van der Waals surface area contributed by atoms with E-state index in [1.54, 1.807) is 7.11 Å². The molecule has 4 nitrogen and oxygen atoms in total. The number of hydrogen-bond acceptors (Lipinski definition) is 3. The third-order valence-electron chi connectivity index (χ3n) is 3.14. The second kappa shape index (κ2) is 6.08.